The summed E-state index contributed by atoms with van der Waals surface area (Å²) >= 11 is 2.71. The molecule has 0 saturated heterocycles. The van der Waals surface area contributed by atoms with E-state index >= 15 is 0 Å². The van der Waals surface area contributed by atoms with Gasteiger partial charge in [-0.3, -0.25) is 4.79 Å². The van der Waals surface area contributed by atoms with Crippen molar-refractivity contribution in [3.05, 3.63) is 64.7 Å². The van der Waals surface area contributed by atoms with Gasteiger partial charge in [0.15, 0.2) is 16.0 Å². The topological polar surface area (TPSA) is 80.9 Å². The number of hydrogen-bond acceptors (Lipinski definition) is 7. The fraction of sp³-hybridized carbons (Fsp3) is 0.190. The molecule has 0 amide bonds. The fourth-order valence-corrected chi connectivity index (χ4v) is 4.71. The Labute approximate surface area is 183 Å². The number of alkyl halides is 3. The van der Waals surface area contributed by atoms with Crippen molar-refractivity contribution < 1.29 is 18.0 Å². The minimum atomic E-state index is -4.37. The van der Waals surface area contributed by atoms with Crippen molar-refractivity contribution in [1.29, 1.82) is 0 Å². The van der Waals surface area contributed by atoms with Gasteiger partial charge in [0.25, 0.3) is 0 Å². The molecule has 2 aromatic carbocycles. The zero-order valence-electron chi connectivity index (χ0n) is 16.2. The van der Waals surface area contributed by atoms with E-state index in [2.05, 4.69) is 15.3 Å². The number of aromatic nitrogens is 2. The van der Waals surface area contributed by atoms with E-state index in [1.807, 2.05) is 13.0 Å². The summed E-state index contributed by atoms with van der Waals surface area (Å²) in [4.78, 5) is 22.1. The van der Waals surface area contributed by atoms with Crippen LogP contribution in [0.3, 0.4) is 0 Å². The van der Waals surface area contributed by atoms with E-state index in [0.717, 1.165) is 27.2 Å². The van der Waals surface area contributed by atoms with Crippen molar-refractivity contribution in [2.24, 2.45) is 0 Å². The number of hydrogen-bond donors (Lipinski definition) is 2. The highest BCUT2D eigenvalue weighted by Gasteiger charge is 2.30. The number of Topliss-reactive ketones (excluding diaryl/α,β-unsaturated/α-hetero) is 1. The molecule has 160 valence electrons. The van der Waals surface area contributed by atoms with E-state index in [1.54, 1.807) is 18.3 Å². The van der Waals surface area contributed by atoms with E-state index in [1.165, 1.54) is 34.8 Å². The first-order chi connectivity index (χ1) is 14.7. The van der Waals surface area contributed by atoms with Crippen LogP contribution in [0.1, 0.15) is 40.1 Å². The monoisotopic (exact) mass is 462 g/mol. The standard InChI is InChI=1S/C21H17F3N4OS2/c1-11(8-16(29)12-2-7-15-17(9-12)30-19(25)28-15)18-10-26-20(31-18)27-14-5-3-13(4-6-14)21(22,23)24/h2-7,9-11H,8H2,1H3,(H2,25,28)(H,26,27). The average molecular weight is 463 g/mol. The van der Waals surface area contributed by atoms with Gasteiger partial charge in [0.05, 0.1) is 15.8 Å². The molecule has 5 nitrogen and oxygen atoms in total. The van der Waals surface area contributed by atoms with Crippen LogP contribution in [-0.2, 0) is 6.18 Å². The molecule has 0 radical (unpaired) electrons. The van der Waals surface area contributed by atoms with Crippen LogP contribution in [0.15, 0.2) is 48.7 Å². The molecule has 2 heterocycles. The van der Waals surface area contributed by atoms with Gasteiger partial charge in [-0.25, -0.2) is 9.97 Å². The van der Waals surface area contributed by atoms with Crippen molar-refractivity contribution in [1.82, 2.24) is 9.97 Å². The Balaban J connectivity index is 1.41. The molecule has 10 heteroatoms. The Morgan fingerprint density at radius 3 is 2.61 bits per heavy atom. The third kappa shape index (κ3) is 4.86. The second kappa shape index (κ2) is 8.27. The lowest BCUT2D eigenvalue weighted by molar-refractivity contribution is -0.137. The molecular weight excluding hydrogens is 445 g/mol. The number of carbonyl (C=O) groups excluding carboxylic acids is 1. The van der Waals surface area contributed by atoms with E-state index in [4.69, 9.17) is 5.73 Å². The molecule has 4 rings (SSSR count). The smallest absolute Gasteiger partial charge is 0.375 e. The highest BCUT2D eigenvalue weighted by atomic mass is 32.1. The highest BCUT2D eigenvalue weighted by molar-refractivity contribution is 7.22. The summed E-state index contributed by atoms with van der Waals surface area (Å²) in [7, 11) is 0. The first-order valence-corrected chi connectivity index (χ1v) is 10.9. The quantitative estimate of drug-likeness (QED) is 0.321. The predicted molar refractivity (Wildman–Crippen MR) is 118 cm³/mol. The first-order valence-electron chi connectivity index (χ1n) is 9.28. The average Bonchev–Trinajstić information content (AvgIpc) is 3.32. The Kier molecular flexibility index (Phi) is 5.67. The second-order valence-corrected chi connectivity index (χ2v) is 9.16. The summed E-state index contributed by atoms with van der Waals surface area (Å²) in [6.45, 7) is 1.94. The number of anilines is 3. The number of rotatable bonds is 6. The van der Waals surface area contributed by atoms with Crippen LogP contribution in [0, 0.1) is 0 Å². The molecule has 1 unspecified atom stereocenters. The largest absolute Gasteiger partial charge is 0.416 e. The predicted octanol–water partition coefficient (Wildman–Crippen LogP) is 6.47. The lowest BCUT2D eigenvalue weighted by Crippen LogP contribution is -2.04. The molecule has 1 atom stereocenters. The summed E-state index contributed by atoms with van der Waals surface area (Å²) < 4.78 is 38.9. The number of fused-ring (bicyclic) bond motifs is 1. The fourth-order valence-electron chi connectivity index (χ4n) is 3.05. The number of benzene rings is 2. The van der Waals surface area contributed by atoms with Crippen molar-refractivity contribution in [3.63, 3.8) is 0 Å². The zero-order chi connectivity index (χ0) is 22.2. The molecule has 3 N–H and O–H groups in total. The van der Waals surface area contributed by atoms with Crippen molar-refractivity contribution in [2.45, 2.75) is 25.4 Å². The Hall–Kier alpha value is -2.98. The van der Waals surface area contributed by atoms with Gasteiger partial charge in [-0.1, -0.05) is 18.3 Å². The molecule has 0 saturated carbocycles. The normalized spacial score (nSPS) is 12.8. The molecule has 0 bridgehead atoms. The molecule has 0 fully saturated rings. The van der Waals surface area contributed by atoms with Gasteiger partial charge in [-0.15, -0.1) is 11.3 Å². The molecule has 4 aromatic rings. The summed E-state index contributed by atoms with van der Waals surface area (Å²) in [6.07, 6.45) is -2.38. The van der Waals surface area contributed by atoms with Gasteiger partial charge in [0, 0.05) is 28.7 Å². The zero-order valence-corrected chi connectivity index (χ0v) is 17.9. The number of ketones is 1. The SMILES string of the molecule is CC(CC(=O)c1ccc2nc(N)sc2c1)c1cnc(Nc2ccc(C(F)(F)F)cc2)s1. The third-order valence-electron chi connectivity index (χ3n) is 4.69. The number of nitrogens with two attached hydrogens (primary N) is 1. The van der Waals surface area contributed by atoms with Crippen LogP contribution in [-0.4, -0.2) is 15.8 Å². The lowest BCUT2D eigenvalue weighted by atomic mass is 9.99. The molecule has 31 heavy (non-hydrogen) atoms. The minimum absolute atomic E-state index is 0.00650. The van der Waals surface area contributed by atoms with Gasteiger partial charge in [0.1, 0.15) is 0 Å². The van der Waals surface area contributed by atoms with Gasteiger partial charge in [0.2, 0.25) is 0 Å². The van der Waals surface area contributed by atoms with Gasteiger partial charge in [-0.05, 0) is 48.4 Å². The Morgan fingerprint density at radius 1 is 1.16 bits per heavy atom. The third-order valence-corrected chi connectivity index (χ3v) is 6.68. The molecular formula is C21H17F3N4OS2. The van der Waals surface area contributed by atoms with Crippen LogP contribution in [0.4, 0.5) is 29.1 Å². The van der Waals surface area contributed by atoms with Gasteiger partial charge < -0.3 is 11.1 Å². The van der Waals surface area contributed by atoms with E-state index < -0.39 is 11.7 Å². The molecule has 2 aromatic heterocycles. The molecule has 0 aliphatic heterocycles. The van der Waals surface area contributed by atoms with Crippen molar-refractivity contribution in [3.8, 4) is 0 Å². The van der Waals surface area contributed by atoms with E-state index in [0.29, 0.717) is 27.9 Å². The van der Waals surface area contributed by atoms with Crippen LogP contribution in [0.25, 0.3) is 10.2 Å². The number of nitrogens with zero attached hydrogens (tertiary/aromatic N) is 2. The number of nitrogens with one attached hydrogen (secondary N) is 1. The van der Waals surface area contributed by atoms with Crippen LogP contribution in [0.2, 0.25) is 0 Å². The van der Waals surface area contributed by atoms with Crippen LogP contribution in [0.5, 0.6) is 0 Å². The molecule has 0 spiro atoms. The summed E-state index contributed by atoms with van der Waals surface area (Å²) in [5.74, 6) is -0.0533. The number of carbonyl (C=O) groups is 1. The summed E-state index contributed by atoms with van der Waals surface area (Å²) in [5.41, 5.74) is 6.90. The maximum Gasteiger partial charge on any atom is 0.416 e. The maximum atomic E-state index is 12.7. The highest BCUT2D eigenvalue weighted by Crippen LogP contribution is 2.33. The van der Waals surface area contributed by atoms with Crippen molar-refractivity contribution in [2.75, 3.05) is 11.1 Å². The van der Waals surface area contributed by atoms with Crippen LogP contribution >= 0.6 is 22.7 Å². The lowest BCUT2D eigenvalue weighted by Gasteiger charge is -2.09. The molecule has 0 aliphatic carbocycles. The second-order valence-electron chi connectivity index (χ2n) is 7.03. The number of halogens is 3. The van der Waals surface area contributed by atoms with Crippen molar-refractivity contribution >= 4 is 54.6 Å². The van der Waals surface area contributed by atoms with E-state index in [-0.39, 0.29) is 11.7 Å². The number of thiazole rings is 2. The van der Waals surface area contributed by atoms with E-state index in [9.17, 15) is 18.0 Å². The number of nitrogen functional groups attached to an aromatic ring is 1. The first kappa shape index (κ1) is 21.3. The Morgan fingerprint density at radius 2 is 1.90 bits per heavy atom. The summed E-state index contributed by atoms with van der Waals surface area (Å²) in [5, 5.41) is 4.02. The summed E-state index contributed by atoms with van der Waals surface area (Å²) in [6, 6.07) is 10.1. The Bertz CT molecular complexity index is 1230. The van der Waals surface area contributed by atoms with Gasteiger partial charge in [-0.2, -0.15) is 13.2 Å². The minimum Gasteiger partial charge on any atom is -0.375 e. The molecule has 0 aliphatic rings. The van der Waals surface area contributed by atoms with Crippen LogP contribution < -0.4 is 11.1 Å². The maximum absolute atomic E-state index is 12.7. The van der Waals surface area contributed by atoms with Gasteiger partial charge >= 0.3 is 6.18 Å².